The fourth-order valence-corrected chi connectivity index (χ4v) is 2.60. The molecule has 0 radical (unpaired) electrons. The van der Waals surface area contributed by atoms with Gasteiger partial charge in [0, 0.05) is 6.08 Å². The van der Waals surface area contributed by atoms with Crippen LogP contribution in [-0.2, 0) is 9.59 Å². The van der Waals surface area contributed by atoms with Crippen molar-refractivity contribution in [1.29, 1.82) is 0 Å². The van der Waals surface area contributed by atoms with Crippen LogP contribution in [0.1, 0.15) is 29.2 Å². The van der Waals surface area contributed by atoms with Gasteiger partial charge >= 0.3 is 0 Å². The van der Waals surface area contributed by atoms with Crippen LogP contribution >= 0.6 is 0 Å². The zero-order valence-electron chi connectivity index (χ0n) is 12.9. The Labute approximate surface area is 135 Å². The van der Waals surface area contributed by atoms with Gasteiger partial charge in [0.05, 0.1) is 12.5 Å². The number of hydrazine groups is 1. The minimum absolute atomic E-state index is 0.143. The van der Waals surface area contributed by atoms with Gasteiger partial charge < -0.3 is 0 Å². The zero-order chi connectivity index (χ0) is 16.2. The minimum Gasteiger partial charge on any atom is -0.273 e. The van der Waals surface area contributed by atoms with Gasteiger partial charge in [-0.3, -0.25) is 15.0 Å². The first-order valence-electron chi connectivity index (χ1n) is 7.56. The van der Waals surface area contributed by atoms with Crippen molar-refractivity contribution in [2.24, 2.45) is 0 Å². The SMILES string of the molecule is Cc1ccc(C=CC(=O)N2NC(=O)CC2c2ccccc2)cc1. The van der Waals surface area contributed by atoms with Crippen LogP contribution in [0.2, 0.25) is 0 Å². The van der Waals surface area contributed by atoms with Gasteiger partial charge in [0.2, 0.25) is 5.91 Å². The lowest BCUT2D eigenvalue weighted by molar-refractivity contribution is -0.133. The molecule has 1 atom stereocenters. The Balaban J connectivity index is 1.77. The first-order chi connectivity index (χ1) is 11.1. The number of nitrogens with one attached hydrogen (secondary N) is 1. The van der Waals surface area contributed by atoms with Crippen molar-refractivity contribution in [1.82, 2.24) is 10.4 Å². The number of rotatable bonds is 3. The van der Waals surface area contributed by atoms with Gasteiger partial charge in [-0.15, -0.1) is 0 Å². The summed E-state index contributed by atoms with van der Waals surface area (Å²) in [7, 11) is 0. The molecule has 23 heavy (non-hydrogen) atoms. The minimum atomic E-state index is -0.265. The Morgan fingerprint density at radius 2 is 1.83 bits per heavy atom. The highest BCUT2D eigenvalue weighted by atomic mass is 16.2. The maximum Gasteiger partial charge on any atom is 0.265 e. The van der Waals surface area contributed by atoms with Gasteiger partial charge in [-0.25, -0.2) is 5.01 Å². The van der Waals surface area contributed by atoms with Crippen molar-refractivity contribution in [2.45, 2.75) is 19.4 Å². The highest BCUT2D eigenvalue weighted by Gasteiger charge is 2.33. The second-order valence-corrected chi connectivity index (χ2v) is 5.62. The molecule has 1 aliphatic rings. The summed E-state index contributed by atoms with van der Waals surface area (Å²) in [6.07, 6.45) is 3.54. The fraction of sp³-hybridized carbons (Fsp3) is 0.158. The monoisotopic (exact) mass is 306 g/mol. The molecule has 1 unspecified atom stereocenters. The predicted octanol–water partition coefficient (Wildman–Crippen LogP) is 3.01. The van der Waals surface area contributed by atoms with Gasteiger partial charge in [-0.2, -0.15) is 0 Å². The second kappa shape index (κ2) is 6.48. The molecule has 1 aliphatic heterocycles. The lowest BCUT2D eigenvalue weighted by Gasteiger charge is -2.22. The van der Waals surface area contributed by atoms with Gasteiger partial charge in [0.15, 0.2) is 0 Å². The Hall–Kier alpha value is -2.88. The van der Waals surface area contributed by atoms with E-state index in [0.29, 0.717) is 0 Å². The summed E-state index contributed by atoms with van der Waals surface area (Å²) in [6, 6.07) is 17.2. The molecule has 0 saturated carbocycles. The average molecular weight is 306 g/mol. The number of hydrogen-bond acceptors (Lipinski definition) is 2. The second-order valence-electron chi connectivity index (χ2n) is 5.62. The number of carbonyl (C=O) groups is 2. The molecule has 2 aromatic rings. The van der Waals surface area contributed by atoms with Crippen LogP contribution in [0.25, 0.3) is 6.08 Å². The van der Waals surface area contributed by atoms with Crippen molar-refractivity contribution in [2.75, 3.05) is 0 Å². The smallest absolute Gasteiger partial charge is 0.265 e. The van der Waals surface area contributed by atoms with Crippen LogP contribution in [0, 0.1) is 6.92 Å². The molecule has 4 heteroatoms. The molecular formula is C19H18N2O2. The van der Waals surface area contributed by atoms with E-state index in [1.54, 1.807) is 6.08 Å². The standard InChI is InChI=1S/C19H18N2O2/c1-14-7-9-15(10-8-14)11-12-19(23)21-17(13-18(22)20-21)16-5-3-2-4-6-16/h2-12,17H,13H2,1H3,(H,20,22). The summed E-state index contributed by atoms with van der Waals surface area (Å²) >= 11 is 0. The zero-order valence-corrected chi connectivity index (χ0v) is 12.9. The van der Waals surface area contributed by atoms with E-state index >= 15 is 0 Å². The molecule has 1 fully saturated rings. The first-order valence-corrected chi connectivity index (χ1v) is 7.56. The summed E-state index contributed by atoms with van der Waals surface area (Å²) in [5.74, 6) is -0.374. The van der Waals surface area contributed by atoms with Crippen molar-refractivity contribution < 1.29 is 9.59 Å². The van der Waals surface area contributed by atoms with E-state index < -0.39 is 0 Å². The highest BCUT2D eigenvalue weighted by Crippen LogP contribution is 2.27. The normalized spacial score (nSPS) is 17.5. The van der Waals surface area contributed by atoms with Crippen LogP contribution in [0.15, 0.2) is 60.7 Å². The van der Waals surface area contributed by atoms with Crippen LogP contribution < -0.4 is 5.43 Å². The molecule has 0 aromatic heterocycles. The largest absolute Gasteiger partial charge is 0.273 e. The summed E-state index contributed by atoms with van der Waals surface area (Å²) in [6.45, 7) is 2.02. The van der Waals surface area contributed by atoms with E-state index in [2.05, 4.69) is 5.43 Å². The summed E-state index contributed by atoms with van der Waals surface area (Å²) in [5, 5.41) is 1.41. The van der Waals surface area contributed by atoms with E-state index in [1.807, 2.05) is 61.5 Å². The first kappa shape index (κ1) is 15.0. The van der Waals surface area contributed by atoms with E-state index in [4.69, 9.17) is 0 Å². The summed E-state index contributed by atoms with van der Waals surface area (Å²) < 4.78 is 0. The van der Waals surface area contributed by atoms with E-state index in [0.717, 1.165) is 11.1 Å². The van der Waals surface area contributed by atoms with Crippen LogP contribution in [-0.4, -0.2) is 16.8 Å². The lowest BCUT2D eigenvalue weighted by atomic mass is 10.0. The number of carbonyl (C=O) groups excluding carboxylic acids is 2. The quantitative estimate of drug-likeness (QED) is 0.886. The molecule has 0 bridgehead atoms. The van der Waals surface area contributed by atoms with Gasteiger partial charge in [0.1, 0.15) is 0 Å². The van der Waals surface area contributed by atoms with E-state index in [9.17, 15) is 9.59 Å². The van der Waals surface area contributed by atoms with Gasteiger partial charge in [-0.05, 0) is 24.1 Å². The average Bonchev–Trinajstić information content (AvgIpc) is 2.97. The topological polar surface area (TPSA) is 49.4 Å². The van der Waals surface area contributed by atoms with Gasteiger partial charge in [0.25, 0.3) is 5.91 Å². The lowest BCUT2D eigenvalue weighted by Crippen LogP contribution is -2.39. The Bertz CT molecular complexity index is 736. The Morgan fingerprint density at radius 3 is 2.52 bits per heavy atom. The molecule has 2 amide bonds. The molecule has 0 spiro atoms. The van der Waals surface area contributed by atoms with Crippen molar-refractivity contribution in [3.63, 3.8) is 0 Å². The number of hydrogen-bond donors (Lipinski definition) is 1. The Kier molecular flexibility index (Phi) is 4.24. The third kappa shape index (κ3) is 3.48. The van der Waals surface area contributed by atoms with E-state index in [-0.39, 0.29) is 24.3 Å². The summed E-state index contributed by atoms with van der Waals surface area (Å²) in [5.41, 5.74) is 5.71. The molecular weight excluding hydrogens is 288 g/mol. The van der Waals surface area contributed by atoms with Gasteiger partial charge in [-0.1, -0.05) is 60.2 Å². The molecule has 4 nitrogen and oxygen atoms in total. The van der Waals surface area contributed by atoms with Crippen LogP contribution in [0.3, 0.4) is 0 Å². The fourth-order valence-electron chi connectivity index (χ4n) is 2.60. The summed E-state index contributed by atoms with van der Waals surface area (Å²) in [4.78, 5) is 24.2. The molecule has 3 rings (SSSR count). The number of benzene rings is 2. The predicted molar refractivity (Wildman–Crippen MR) is 89.0 cm³/mol. The van der Waals surface area contributed by atoms with Crippen LogP contribution in [0.5, 0.6) is 0 Å². The number of nitrogens with zero attached hydrogens (tertiary/aromatic N) is 1. The van der Waals surface area contributed by atoms with Crippen molar-refractivity contribution in [3.05, 3.63) is 77.4 Å². The molecule has 1 saturated heterocycles. The molecule has 116 valence electrons. The third-order valence-electron chi connectivity index (χ3n) is 3.85. The highest BCUT2D eigenvalue weighted by molar-refractivity contribution is 5.95. The Morgan fingerprint density at radius 1 is 1.13 bits per heavy atom. The maximum absolute atomic E-state index is 12.4. The molecule has 2 aromatic carbocycles. The number of aryl methyl sites for hydroxylation is 1. The van der Waals surface area contributed by atoms with Crippen molar-refractivity contribution in [3.8, 4) is 0 Å². The van der Waals surface area contributed by atoms with E-state index in [1.165, 1.54) is 16.6 Å². The van der Waals surface area contributed by atoms with Crippen molar-refractivity contribution >= 4 is 17.9 Å². The van der Waals surface area contributed by atoms with Crippen LogP contribution in [0.4, 0.5) is 0 Å². The molecule has 0 aliphatic carbocycles. The maximum atomic E-state index is 12.4. The number of amides is 2. The molecule has 1 N–H and O–H groups in total. The molecule has 1 heterocycles. The third-order valence-corrected chi connectivity index (χ3v) is 3.85.